The second kappa shape index (κ2) is 7.49. The molecule has 0 heterocycles. The average Bonchev–Trinajstić information content (AvgIpc) is 2.13. The Balaban J connectivity index is 3.89. The van der Waals surface area contributed by atoms with E-state index >= 15 is 0 Å². The van der Waals surface area contributed by atoms with Gasteiger partial charge in [-0.2, -0.15) is 13.2 Å². The molecule has 0 aromatic heterocycles. The Hall–Kier alpha value is -0.780. The zero-order valence-corrected chi connectivity index (χ0v) is 9.22. The molecule has 0 bridgehead atoms. The van der Waals surface area contributed by atoms with Gasteiger partial charge in [-0.1, -0.05) is 26.2 Å². The summed E-state index contributed by atoms with van der Waals surface area (Å²) in [5.41, 5.74) is 0. The highest BCUT2D eigenvalue weighted by molar-refractivity contribution is 5.67. The third-order valence-electron chi connectivity index (χ3n) is 2.04. The number of unbranched alkanes of at least 4 members (excludes halogenated alkanes) is 3. The van der Waals surface area contributed by atoms with Gasteiger partial charge in [-0.3, -0.25) is 4.79 Å². The van der Waals surface area contributed by atoms with Crippen LogP contribution in [0.3, 0.4) is 0 Å². The lowest BCUT2D eigenvalue weighted by molar-refractivity contribution is -0.224. The summed E-state index contributed by atoms with van der Waals surface area (Å²) in [6, 6.07) is 0. The van der Waals surface area contributed by atoms with Gasteiger partial charge in [0.2, 0.25) is 0 Å². The number of rotatable bonds is 8. The molecule has 0 aliphatic rings. The Bertz CT molecular complexity index is 204. The van der Waals surface area contributed by atoms with Crippen LogP contribution in [-0.4, -0.2) is 30.0 Å². The minimum Gasteiger partial charge on any atom is -0.481 e. The van der Waals surface area contributed by atoms with Gasteiger partial charge in [0, 0.05) is 6.61 Å². The zero-order chi connectivity index (χ0) is 12.6. The predicted octanol–water partition coefficient (Wildman–Crippen LogP) is 2.99. The molecule has 96 valence electrons. The van der Waals surface area contributed by atoms with Crippen LogP contribution in [0, 0.1) is 0 Å². The van der Waals surface area contributed by atoms with Crippen molar-refractivity contribution >= 4 is 5.97 Å². The van der Waals surface area contributed by atoms with Crippen molar-refractivity contribution in [2.75, 3.05) is 6.61 Å². The van der Waals surface area contributed by atoms with Crippen LogP contribution in [0.1, 0.15) is 39.0 Å². The maximum Gasteiger partial charge on any atom is 0.415 e. The summed E-state index contributed by atoms with van der Waals surface area (Å²) in [5, 5.41) is 8.31. The van der Waals surface area contributed by atoms with E-state index in [1.807, 2.05) is 6.92 Å². The van der Waals surface area contributed by atoms with Gasteiger partial charge >= 0.3 is 12.1 Å². The Morgan fingerprint density at radius 1 is 1.31 bits per heavy atom. The average molecular weight is 242 g/mol. The molecule has 0 aliphatic heterocycles. The lowest BCUT2D eigenvalue weighted by atomic mass is 10.2. The summed E-state index contributed by atoms with van der Waals surface area (Å²) in [7, 11) is 0. The van der Waals surface area contributed by atoms with E-state index in [1.54, 1.807) is 0 Å². The zero-order valence-electron chi connectivity index (χ0n) is 9.22. The molecule has 3 nitrogen and oxygen atoms in total. The molecule has 0 aromatic carbocycles. The van der Waals surface area contributed by atoms with Gasteiger partial charge in [-0.15, -0.1) is 0 Å². The Labute approximate surface area is 92.6 Å². The Kier molecular flexibility index (Phi) is 7.12. The van der Waals surface area contributed by atoms with E-state index in [4.69, 9.17) is 5.11 Å². The lowest BCUT2D eigenvalue weighted by Gasteiger charge is -2.19. The fraction of sp³-hybridized carbons (Fsp3) is 0.900. The molecular formula is C10H17F3O3. The van der Waals surface area contributed by atoms with Crippen LogP contribution < -0.4 is 0 Å². The third kappa shape index (κ3) is 7.50. The van der Waals surface area contributed by atoms with Gasteiger partial charge in [0.1, 0.15) is 0 Å². The van der Waals surface area contributed by atoms with Crippen molar-refractivity contribution in [1.29, 1.82) is 0 Å². The van der Waals surface area contributed by atoms with Crippen molar-refractivity contribution in [2.24, 2.45) is 0 Å². The number of carboxylic acids is 1. The molecule has 0 aromatic rings. The molecule has 6 heteroatoms. The Morgan fingerprint density at radius 2 is 1.94 bits per heavy atom. The molecule has 0 saturated heterocycles. The molecule has 16 heavy (non-hydrogen) atoms. The van der Waals surface area contributed by atoms with Gasteiger partial charge in [-0.05, 0) is 6.42 Å². The van der Waals surface area contributed by atoms with Crippen molar-refractivity contribution in [2.45, 2.75) is 51.3 Å². The summed E-state index contributed by atoms with van der Waals surface area (Å²) >= 11 is 0. The summed E-state index contributed by atoms with van der Waals surface area (Å²) in [5.74, 6) is -1.50. The first-order chi connectivity index (χ1) is 7.38. The van der Waals surface area contributed by atoms with Crippen LogP contribution in [0.2, 0.25) is 0 Å². The van der Waals surface area contributed by atoms with Crippen LogP contribution in [-0.2, 0) is 9.53 Å². The molecule has 1 N–H and O–H groups in total. The number of hydrogen-bond donors (Lipinski definition) is 1. The van der Waals surface area contributed by atoms with Crippen LogP contribution in [0.5, 0.6) is 0 Å². The molecule has 0 amide bonds. The van der Waals surface area contributed by atoms with Crippen molar-refractivity contribution < 1.29 is 27.8 Å². The van der Waals surface area contributed by atoms with E-state index in [-0.39, 0.29) is 6.61 Å². The first kappa shape index (κ1) is 15.2. The molecule has 0 unspecified atom stereocenters. The first-order valence-electron chi connectivity index (χ1n) is 5.28. The number of ether oxygens (including phenoxy) is 1. The van der Waals surface area contributed by atoms with E-state index in [0.717, 1.165) is 19.3 Å². The predicted molar refractivity (Wildman–Crippen MR) is 52.2 cm³/mol. The van der Waals surface area contributed by atoms with Crippen molar-refractivity contribution in [1.82, 2.24) is 0 Å². The highest BCUT2D eigenvalue weighted by atomic mass is 19.4. The normalized spacial score (nSPS) is 13.8. The molecule has 0 radical (unpaired) electrons. The van der Waals surface area contributed by atoms with Crippen molar-refractivity contribution in [3.63, 3.8) is 0 Å². The van der Waals surface area contributed by atoms with E-state index < -0.39 is 24.7 Å². The molecule has 0 saturated carbocycles. The van der Waals surface area contributed by atoms with Gasteiger partial charge < -0.3 is 9.84 Å². The monoisotopic (exact) mass is 242 g/mol. The maximum atomic E-state index is 12.3. The van der Waals surface area contributed by atoms with Gasteiger partial charge in [0.05, 0.1) is 6.42 Å². The minimum absolute atomic E-state index is 0.0442. The van der Waals surface area contributed by atoms with Gasteiger partial charge in [0.15, 0.2) is 6.10 Å². The Morgan fingerprint density at radius 3 is 2.38 bits per heavy atom. The SMILES string of the molecule is CCCCCCO[C@@H](CC(=O)O)C(F)(F)F. The number of hydrogen-bond acceptors (Lipinski definition) is 2. The number of carbonyl (C=O) groups is 1. The second-order valence-electron chi connectivity index (χ2n) is 3.56. The summed E-state index contributed by atoms with van der Waals surface area (Å²) < 4.78 is 41.4. The first-order valence-corrected chi connectivity index (χ1v) is 5.28. The quantitative estimate of drug-likeness (QED) is 0.665. The molecule has 1 atom stereocenters. The molecular weight excluding hydrogens is 225 g/mol. The van der Waals surface area contributed by atoms with Gasteiger partial charge in [-0.25, -0.2) is 0 Å². The van der Waals surface area contributed by atoms with Crippen molar-refractivity contribution in [3.8, 4) is 0 Å². The number of halogens is 3. The fourth-order valence-corrected chi connectivity index (χ4v) is 1.18. The summed E-state index contributed by atoms with van der Waals surface area (Å²) in [4.78, 5) is 10.2. The number of carboxylic acid groups (broad SMARTS) is 1. The van der Waals surface area contributed by atoms with Crippen LogP contribution in [0.15, 0.2) is 0 Å². The smallest absolute Gasteiger partial charge is 0.415 e. The van der Waals surface area contributed by atoms with Crippen LogP contribution >= 0.6 is 0 Å². The van der Waals surface area contributed by atoms with E-state index in [9.17, 15) is 18.0 Å². The molecule has 0 aliphatic carbocycles. The number of alkyl halides is 3. The van der Waals surface area contributed by atoms with Crippen LogP contribution in [0.25, 0.3) is 0 Å². The van der Waals surface area contributed by atoms with E-state index in [2.05, 4.69) is 4.74 Å². The highest BCUT2D eigenvalue weighted by Crippen LogP contribution is 2.25. The third-order valence-corrected chi connectivity index (χ3v) is 2.04. The summed E-state index contributed by atoms with van der Waals surface area (Å²) in [6.45, 7) is 1.95. The topological polar surface area (TPSA) is 46.5 Å². The lowest BCUT2D eigenvalue weighted by Crippen LogP contribution is -2.34. The fourth-order valence-electron chi connectivity index (χ4n) is 1.18. The van der Waals surface area contributed by atoms with Gasteiger partial charge in [0.25, 0.3) is 0 Å². The second-order valence-corrected chi connectivity index (χ2v) is 3.56. The summed E-state index contributed by atoms with van der Waals surface area (Å²) in [6.07, 6.45) is -4.57. The number of aliphatic carboxylic acids is 1. The maximum absolute atomic E-state index is 12.3. The van der Waals surface area contributed by atoms with E-state index in [0.29, 0.717) is 6.42 Å². The largest absolute Gasteiger partial charge is 0.481 e. The standard InChI is InChI=1S/C10H17F3O3/c1-2-3-4-5-6-16-8(7-9(14)15)10(11,12)13/h8H,2-7H2,1H3,(H,14,15)/t8-/m0/s1. The highest BCUT2D eigenvalue weighted by Gasteiger charge is 2.41. The van der Waals surface area contributed by atoms with Crippen LogP contribution in [0.4, 0.5) is 13.2 Å². The molecule has 0 spiro atoms. The molecule has 0 rings (SSSR count). The molecule has 0 fully saturated rings. The van der Waals surface area contributed by atoms with E-state index in [1.165, 1.54) is 0 Å². The minimum atomic E-state index is -4.61. The van der Waals surface area contributed by atoms with Crippen molar-refractivity contribution in [3.05, 3.63) is 0 Å².